The molecule has 2 rings (SSSR count). The molecule has 0 aromatic carbocycles. The maximum atomic E-state index is 12.3. The first-order valence-electron chi connectivity index (χ1n) is 7.02. The number of thioether (sulfide) groups is 1. The number of likely N-dealkylation sites (tertiary alicyclic amines) is 1. The number of amides is 1. The van der Waals surface area contributed by atoms with Crippen molar-refractivity contribution in [2.75, 3.05) is 12.3 Å². The van der Waals surface area contributed by atoms with E-state index < -0.39 is 5.97 Å². The molecule has 0 radical (unpaired) electrons. The van der Waals surface area contributed by atoms with Gasteiger partial charge in [0.2, 0.25) is 11.1 Å². The van der Waals surface area contributed by atoms with E-state index in [-0.39, 0.29) is 18.2 Å². The van der Waals surface area contributed by atoms with Crippen LogP contribution in [0.2, 0.25) is 0 Å². The molecule has 1 atom stereocenters. The van der Waals surface area contributed by atoms with Crippen molar-refractivity contribution < 1.29 is 14.7 Å². The molecule has 9 heteroatoms. The van der Waals surface area contributed by atoms with E-state index in [2.05, 4.69) is 22.4 Å². The van der Waals surface area contributed by atoms with Crippen molar-refractivity contribution in [2.45, 2.75) is 50.4 Å². The Labute approximate surface area is 126 Å². The van der Waals surface area contributed by atoms with Crippen molar-refractivity contribution >= 4 is 23.6 Å². The monoisotopic (exact) mass is 313 g/mol. The van der Waals surface area contributed by atoms with Gasteiger partial charge in [0.05, 0.1) is 5.75 Å². The number of hydrogen-bond donors (Lipinski definition) is 1. The van der Waals surface area contributed by atoms with Gasteiger partial charge in [-0.1, -0.05) is 18.7 Å². The third-order valence-electron chi connectivity index (χ3n) is 3.53. The van der Waals surface area contributed by atoms with Crippen molar-refractivity contribution in [3.8, 4) is 0 Å². The highest BCUT2D eigenvalue weighted by Gasteiger charge is 2.25. The molecule has 0 spiro atoms. The van der Waals surface area contributed by atoms with Gasteiger partial charge >= 0.3 is 5.97 Å². The summed E-state index contributed by atoms with van der Waals surface area (Å²) in [7, 11) is 0. The van der Waals surface area contributed by atoms with Gasteiger partial charge in [-0.15, -0.1) is 5.10 Å². The van der Waals surface area contributed by atoms with Gasteiger partial charge in [-0.05, 0) is 36.1 Å². The van der Waals surface area contributed by atoms with Gasteiger partial charge in [-0.2, -0.15) is 0 Å². The van der Waals surface area contributed by atoms with Crippen LogP contribution in [-0.2, 0) is 16.1 Å². The molecule has 1 aromatic heterocycles. The van der Waals surface area contributed by atoms with Crippen molar-refractivity contribution in [2.24, 2.45) is 0 Å². The Morgan fingerprint density at radius 3 is 2.95 bits per heavy atom. The predicted octanol–water partition coefficient (Wildman–Crippen LogP) is 0.641. The van der Waals surface area contributed by atoms with Crippen LogP contribution in [0.5, 0.6) is 0 Å². The second-order valence-corrected chi connectivity index (χ2v) is 5.89. The van der Waals surface area contributed by atoms with Crippen LogP contribution in [0.15, 0.2) is 5.16 Å². The molecule has 1 aromatic rings. The molecule has 1 aliphatic rings. The summed E-state index contributed by atoms with van der Waals surface area (Å²) in [5, 5.41) is 19.9. The van der Waals surface area contributed by atoms with Gasteiger partial charge < -0.3 is 10.0 Å². The summed E-state index contributed by atoms with van der Waals surface area (Å²) in [4.78, 5) is 24.9. The van der Waals surface area contributed by atoms with Crippen LogP contribution in [0.3, 0.4) is 0 Å². The largest absolute Gasteiger partial charge is 0.480 e. The highest BCUT2D eigenvalue weighted by atomic mass is 32.2. The maximum absolute atomic E-state index is 12.3. The highest BCUT2D eigenvalue weighted by Crippen LogP contribution is 2.22. The van der Waals surface area contributed by atoms with E-state index in [0.29, 0.717) is 11.2 Å². The molecule has 0 bridgehead atoms. The van der Waals surface area contributed by atoms with E-state index in [1.54, 1.807) is 0 Å². The van der Waals surface area contributed by atoms with Crippen LogP contribution < -0.4 is 0 Å². The predicted molar refractivity (Wildman–Crippen MR) is 75.8 cm³/mol. The fourth-order valence-electron chi connectivity index (χ4n) is 2.49. The van der Waals surface area contributed by atoms with Crippen LogP contribution in [0, 0.1) is 0 Å². The number of hydrogen-bond acceptors (Lipinski definition) is 6. The van der Waals surface area contributed by atoms with E-state index in [4.69, 9.17) is 5.11 Å². The summed E-state index contributed by atoms with van der Waals surface area (Å²) in [5.74, 6) is -0.717. The minimum atomic E-state index is -1.02. The standard InChI is InChI=1S/C12H19N5O3S/c1-2-9-5-3-4-6-16(9)10(18)8-21-12-13-14-15-17(12)7-11(19)20/h9H,2-8H2,1H3,(H,19,20). The van der Waals surface area contributed by atoms with E-state index in [1.165, 1.54) is 22.9 Å². The summed E-state index contributed by atoms with van der Waals surface area (Å²) in [6.07, 6.45) is 4.24. The van der Waals surface area contributed by atoms with Crippen molar-refractivity contribution in [1.29, 1.82) is 0 Å². The number of tetrazole rings is 1. The molecule has 1 saturated heterocycles. The zero-order valence-corrected chi connectivity index (χ0v) is 12.8. The molecule has 1 amide bonds. The van der Waals surface area contributed by atoms with Crippen molar-refractivity contribution in [1.82, 2.24) is 25.1 Å². The number of nitrogens with zero attached hydrogens (tertiary/aromatic N) is 5. The molecule has 0 saturated carbocycles. The van der Waals surface area contributed by atoms with Crippen LogP contribution in [0.4, 0.5) is 0 Å². The molecule has 2 heterocycles. The Morgan fingerprint density at radius 2 is 2.24 bits per heavy atom. The van der Waals surface area contributed by atoms with Crippen LogP contribution >= 0.6 is 11.8 Å². The van der Waals surface area contributed by atoms with Gasteiger partial charge in [-0.25, -0.2) is 4.68 Å². The molecule has 0 aliphatic carbocycles. The maximum Gasteiger partial charge on any atom is 0.325 e. The molecular formula is C12H19N5O3S. The molecule has 1 N–H and O–H groups in total. The quantitative estimate of drug-likeness (QED) is 0.769. The average Bonchev–Trinajstić information content (AvgIpc) is 2.91. The zero-order chi connectivity index (χ0) is 15.2. The number of piperidine rings is 1. The number of carbonyl (C=O) groups excluding carboxylic acids is 1. The first kappa shape index (κ1) is 15.7. The molecule has 116 valence electrons. The average molecular weight is 313 g/mol. The number of aromatic nitrogens is 4. The lowest BCUT2D eigenvalue weighted by Crippen LogP contribution is -2.44. The van der Waals surface area contributed by atoms with E-state index in [9.17, 15) is 9.59 Å². The molecule has 1 unspecified atom stereocenters. The first-order chi connectivity index (χ1) is 10.1. The summed E-state index contributed by atoms with van der Waals surface area (Å²) >= 11 is 1.18. The van der Waals surface area contributed by atoms with Crippen molar-refractivity contribution in [3.05, 3.63) is 0 Å². The number of carboxylic acids is 1. The Bertz CT molecular complexity index is 507. The van der Waals surface area contributed by atoms with Gasteiger partial charge in [0, 0.05) is 12.6 Å². The van der Waals surface area contributed by atoms with Crippen LogP contribution in [-0.4, -0.2) is 60.4 Å². The molecular weight excluding hydrogens is 294 g/mol. The summed E-state index contributed by atoms with van der Waals surface area (Å²) in [6.45, 7) is 2.60. The van der Waals surface area contributed by atoms with E-state index >= 15 is 0 Å². The molecule has 21 heavy (non-hydrogen) atoms. The zero-order valence-electron chi connectivity index (χ0n) is 11.9. The van der Waals surface area contributed by atoms with E-state index in [1.807, 2.05) is 4.90 Å². The Balaban J connectivity index is 1.91. The van der Waals surface area contributed by atoms with E-state index in [0.717, 1.165) is 25.8 Å². The lowest BCUT2D eigenvalue weighted by atomic mass is 10.0. The topological polar surface area (TPSA) is 101 Å². The van der Waals surface area contributed by atoms with Gasteiger partial charge in [0.1, 0.15) is 6.54 Å². The Kier molecular flexibility index (Phi) is 5.54. The Hall–Kier alpha value is -1.64. The first-order valence-corrected chi connectivity index (χ1v) is 8.00. The smallest absolute Gasteiger partial charge is 0.325 e. The number of aliphatic carboxylic acids is 1. The molecule has 8 nitrogen and oxygen atoms in total. The minimum Gasteiger partial charge on any atom is -0.480 e. The van der Waals surface area contributed by atoms with Gasteiger partial charge in [-0.3, -0.25) is 9.59 Å². The lowest BCUT2D eigenvalue weighted by molar-refractivity contribution is -0.138. The lowest BCUT2D eigenvalue weighted by Gasteiger charge is -2.35. The summed E-state index contributed by atoms with van der Waals surface area (Å²) in [6, 6.07) is 0.321. The minimum absolute atomic E-state index is 0.0661. The SMILES string of the molecule is CCC1CCCCN1C(=O)CSc1nnnn1CC(=O)O. The third kappa shape index (κ3) is 4.16. The molecule has 1 fully saturated rings. The fourth-order valence-corrected chi connectivity index (χ4v) is 3.25. The van der Waals surface area contributed by atoms with Crippen LogP contribution in [0.1, 0.15) is 32.6 Å². The second kappa shape index (κ2) is 7.39. The fraction of sp³-hybridized carbons (Fsp3) is 0.750. The second-order valence-electron chi connectivity index (χ2n) is 4.95. The van der Waals surface area contributed by atoms with Crippen LogP contribution in [0.25, 0.3) is 0 Å². The normalized spacial score (nSPS) is 18.7. The van der Waals surface area contributed by atoms with Gasteiger partial charge in [0.25, 0.3) is 0 Å². The number of carbonyl (C=O) groups is 2. The van der Waals surface area contributed by atoms with Gasteiger partial charge in [0.15, 0.2) is 0 Å². The number of carboxylic acid groups (broad SMARTS) is 1. The van der Waals surface area contributed by atoms with Crippen molar-refractivity contribution in [3.63, 3.8) is 0 Å². The Morgan fingerprint density at radius 1 is 1.43 bits per heavy atom. The third-order valence-corrected chi connectivity index (χ3v) is 4.47. The highest BCUT2D eigenvalue weighted by molar-refractivity contribution is 7.99. The number of rotatable bonds is 6. The molecule has 1 aliphatic heterocycles. The summed E-state index contributed by atoms with van der Waals surface area (Å²) in [5.41, 5.74) is 0. The summed E-state index contributed by atoms with van der Waals surface area (Å²) < 4.78 is 1.19.